The predicted molar refractivity (Wildman–Crippen MR) is 177 cm³/mol. The summed E-state index contributed by atoms with van der Waals surface area (Å²) in [6.07, 6.45) is 0. The third kappa shape index (κ3) is 6.36. The molecule has 4 aromatic rings. The van der Waals surface area contributed by atoms with Gasteiger partial charge >= 0.3 is 0 Å². The highest BCUT2D eigenvalue weighted by Crippen LogP contribution is 2.40. The molecule has 1 aliphatic heterocycles. The largest absolute Gasteiger partial charge is 0.354 e. The van der Waals surface area contributed by atoms with Crippen LogP contribution in [0.1, 0.15) is 18.1 Å². The quantitative estimate of drug-likeness (QED) is 0.235. The van der Waals surface area contributed by atoms with Crippen molar-refractivity contribution in [2.75, 3.05) is 54.1 Å². The predicted octanol–water partition coefficient (Wildman–Crippen LogP) is 5.36. The van der Waals surface area contributed by atoms with Crippen molar-refractivity contribution in [2.45, 2.75) is 11.8 Å². The summed E-state index contributed by atoms with van der Waals surface area (Å²) in [5.74, 6) is -0.353. The molecular formula is C34H35N5O4S. The van der Waals surface area contributed by atoms with Crippen molar-refractivity contribution in [2.24, 2.45) is 0 Å². The van der Waals surface area contributed by atoms with Crippen LogP contribution in [0.5, 0.6) is 0 Å². The van der Waals surface area contributed by atoms with Crippen LogP contribution >= 0.6 is 0 Å². The Morgan fingerprint density at radius 1 is 0.795 bits per heavy atom. The lowest BCUT2D eigenvalue weighted by molar-refractivity contribution is -0.116. The molecule has 0 bridgehead atoms. The molecule has 9 nitrogen and oxygen atoms in total. The van der Waals surface area contributed by atoms with Crippen molar-refractivity contribution in [3.63, 3.8) is 0 Å². The Bertz CT molecular complexity index is 1810. The molecule has 0 saturated heterocycles. The smallest absolute Gasteiger partial charge is 0.264 e. The van der Waals surface area contributed by atoms with E-state index < -0.39 is 10.0 Å². The highest BCUT2D eigenvalue weighted by Gasteiger charge is 2.30. The number of sulfonamides is 1. The number of anilines is 4. The van der Waals surface area contributed by atoms with Gasteiger partial charge in [-0.3, -0.25) is 13.9 Å². The second kappa shape index (κ2) is 12.7. The molecule has 4 aromatic carbocycles. The summed E-state index contributed by atoms with van der Waals surface area (Å²) in [6.45, 7) is 2.83. The lowest BCUT2D eigenvalue weighted by Gasteiger charge is -2.23. The highest BCUT2D eigenvalue weighted by molar-refractivity contribution is 7.92. The standard InChI is InChI=1S/C34H35N5O4S/c1-24(40)39(22-21-37(2)3)27-17-15-26(16-18-27)35-33(25-11-7-5-8-12-25)32-30-23-28(19-20-31(30)36-34(32)41)38(4)44(42,43)29-13-9-6-10-14-29/h5-20,23,35H,21-22H2,1-4H3,(H,36,41). The molecule has 0 aliphatic carbocycles. The number of carbonyl (C=O) groups excluding carboxylic acids is 2. The number of hydrogen-bond donors (Lipinski definition) is 2. The van der Waals surface area contributed by atoms with Gasteiger partial charge in [-0.05, 0) is 74.3 Å². The summed E-state index contributed by atoms with van der Waals surface area (Å²) in [5, 5.41) is 6.36. The Balaban J connectivity index is 1.54. The van der Waals surface area contributed by atoms with E-state index in [0.717, 1.165) is 23.5 Å². The number of benzene rings is 4. The van der Waals surface area contributed by atoms with E-state index in [9.17, 15) is 18.0 Å². The Morgan fingerprint density at radius 2 is 1.41 bits per heavy atom. The maximum atomic E-state index is 13.5. The van der Waals surface area contributed by atoms with Gasteiger partial charge in [0.05, 0.1) is 21.9 Å². The van der Waals surface area contributed by atoms with Crippen LogP contribution in [0.2, 0.25) is 0 Å². The number of likely N-dealkylation sites (N-methyl/N-ethyl adjacent to an activating group) is 1. The summed E-state index contributed by atoms with van der Waals surface area (Å²) in [6, 6.07) is 30.3. The first-order valence-corrected chi connectivity index (χ1v) is 15.6. The monoisotopic (exact) mass is 609 g/mol. The normalized spacial score (nSPS) is 13.7. The minimum atomic E-state index is -3.82. The average molecular weight is 610 g/mol. The number of rotatable bonds is 10. The van der Waals surface area contributed by atoms with Gasteiger partial charge in [0.1, 0.15) is 0 Å². The number of fused-ring (bicyclic) bond motifs is 1. The van der Waals surface area contributed by atoms with Gasteiger partial charge in [-0.15, -0.1) is 0 Å². The van der Waals surface area contributed by atoms with E-state index in [1.807, 2.05) is 73.6 Å². The maximum absolute atomic E-state index is 13.5. The molecule has 1 heterocycles. The lowest BCUT2D eigenvalue weighted by Crippen LogP contribution is -2.35. The molecule has 0 atom stereocenters. The third-order valence-corrected chi connectivity index (χ3v) is 9.22. The SMILES string of the molecule is CC(=O)N(CCN(C)C)c1ccc(NC(=C2C(=O)Nc3ccc(N(C)S(=O)(=O)c4ccccc4)cc32)c2ccccc2)cc1. The van der Waals surface area contributed by atoms with Crippen LogP contribution < -0.4 is 19.8 Å². The van der Waals surface area contributed by atoms with Crippen LogP contribution in [0, 0.1) is 0 Å². The van der Waals surface area contributed by atoms with E-state index in [1.54, 1.807) is 60.4 Å². The van der Waals surface area contributed by atoms with E-state index in [0.29, 0.717) is 34.8 Å². The number of hydrogen-bond acceptors (Lipinski definition) is 6. The minimum absolute atomic E-state index is 0.0473. The molecule has 0 aromatic heterocycles. The molecule has 0 fully saturated rings. The summed E-state index contributed by atoms with van der Waals surface area (Å²) in [7, 11) is 1.60. The summed E-state index contributed by atoms with van der Waals surface area (Å²) in [5.41, 5.74) is 4.81. The van der Waals surface area contributed by atoms with Gasteiger partial charge in [-0.1, -0.05) is 48.5 Å². The minimum Gasteiger partial charge on any atom is -0.354 e. The molecule has 0 saturated carbocycles. The van der Waals surface area contributed by atoms with Crippen molar-refractivity contribution in [1.82, 2.24) is 4.90 Å². The van der Waals surface area contributed by atoms with Crippen molar-refractivity contribution < 1.29 is 18.0 Å². The highest BCUT2D eigenvalue weighted by atomic mass is 32.2. The molecule has 0 spiro atoms. The maximum Gasteiger partial charge on any atom is 0.264 e. The van der Waals surface area contributed by atoms with E-state index >= 15 is 0 Å². The van der Waals surface area contributed by atoms with Crippen LogP contribution in [-0.2, 0) is 19.6 Å². The van der Waals surface area contributed by atoms with E-state index in [2.05, 4.69) is 10.6 Å². The fourth-order valence-corrected chi connectivity index (χ4v) is 6.22. The van der Waals surface area contributed by atoms with Crippen LogP contribution in [0.25, 0.3) is 11.3 Å². The molecular weight excluding hydrogens is 574 g/mol. The summed E-state index contributed by atoms with van der Waals surface area (Å²) in [4.78, 5) is 29.8. The molecule has 2 amide bonds. The molecule has 2 N–H and O–H groups in total. The molecule has 0 radical (unpaired) electrons. The number of nitrogens with one attached hydrogen (secondary N) is 2. The summed E-state index contributed by atoms with van der Waals surface area (Å²) < 4.78 is 27.9. The zero-order valence-electron chi connectivity index (χ0n) is 25.1. The Labute approximate surface area is 258 Å². The Kier molecular flexibility index (Phi) is 8.84. The van der Waals surface area contributed by atoms with Crippen LogP contribution in [0.4, 0.5) is 22.7 Å². The molecule has 1 aliphatic rings. The number of carbonyl (C=O) groups is 2. The molecule has 5 rings (SSSR count). The fourth-order valence-electron chi connectivity index (χ4n) is 5.01. The number of nitrogens with zero attached hydrogens (tertiary/aromatic N) is 3. The zero-order valence-corrected chi connectivity index (χ0v) is 25.9. The number of amides is 2. The second-order valence-corrected chi connectivity index (χ2v) is 12.7. The van der Waals surface area contributed by atoms with Gasteiger partial charge in [-0.2, -0.15) is 0 Å². The van der Waals surface area contributed by atoms with E-state index in [-0.39, 0.29) is 16.7 Å². The Hall–Kier alpha value is -4.93. The molecule has 0 unspecified atom stereocenters. The topological polar surface area (TPSA) is 102 Å². The molecule has 226 valence electrons. The molecule has 44 heavy (non-hydrogen) atoms. The third-order valence-electron chi connectivity index (χ3n) is 7.42. The zero-order chi connectivity index (χ0) is 31.4. The van der Waals surface area contributed by atoms with Crippen LogP contribution in [-0.4, -0.2) is 59.4 Å². The Morgan fingerprint density at radius 3 is 2.02 bits per heavy atom. The fraction of sp³-hybridized carbons (Fsp3) is 0.176. The summed E-state index contributed by atoms with van der Waals surface area (Å²) >= 11 is 0. The van der Waals surface area contributed by atoms with Gasteiger partial charge in [0.2, 0.25) is 5.91 Å². The van der Waals surface area contributed by atoms with E-state index in [1.165, 1.54) is 11.4 Å². The van der Waals surface area contributed by atoms with Gasteiger partial charge in [0.25, 0.3) is 15.9 Å². The van der Waals surface area contributed by atoms with Crippen molar-refractivity contribution >= 4 is 55.9 Å². The average Bonchev–Trinajstić information content (AvgIpc) is 3.35. The van der Waals surface area contributed by atoms with Gasteiger partial charge in [-0.25, -0.2) is 8.42 Å². The van der Waals surface area contributed by atoms with Crippen molar-refractivity contribution in [1.29, 1.82) is 0 Å². The second-order valence-electron chi connectivity index (χ2n) is 10.7. The van der Waals surface area contributed by atoms with Gasteiger partial charge < -0.3 is 20.4 Å². The van der Waals surface area contributed by atoms with Crippen molar-refractivity contribution in [3.8, 4) is 0 Å². The lowest BCUT2D eigenvalue weighted by atomic mass is 9.99. The molecule has 10 heteroatoms. The van der Waals surface area contributed by atoms with E-state index in [4.69, 9.17) is 0 Å². The first-order valence-electron chi connectivity index (χ1n) is 14.2. The van der Waals surface area contributed by atoms with Crippen LogP contribution in [0.15, 0.2) is 108 Å². The van der Waals surface area contributed by atoms with Crippen LogP contribution in [0.3, 0.4) is 0 Å². The van der Waals surface area contributed by atoms with Crippen molar-refractivity contribution in [3.05, 3.63) is 114 Å². The van der Waals surface area contributed by atoms with Gasteiger partial charge in [0, 0.05) is 49.7 Å². The van der Waals surface area contributed by atoms with Gasteiger partial charge in [0.15, 0.2) is 0 Å². The first kappa shape index (κ1) is 30.5. The first-order chi connectivity index (χ1) is 21.1.